The Morgan fingerprint density at radius 2 is 1.89 bits per heavy atom. The van der Waals surface area contributed by atoms with E-state index in [2.05, 4.69) is 9.88 Å². The fraction of sp³-hybridized carbons (Fsp3) is 0.450. The van der Waals surface area contributed by atoms with E-state index in [4.69, 9.17) is 14.2 Å². The summed E-state index contributed by atoms with van der Waals surface area (Å²) in [7, 11) is 0. The number of ketones is 1. The Morgan fingerprint density at radius 1 is 1.18 bits per heavy atom. The number of hydrogen-bond acceptors (Lipinski definition) is 8. The summed E-state index contributed by atoms with van der Waals surface area (Å²) in [5.41, 5.74) is 0. The molecule has 2 atom stereocenters. The molecule has 0 spiro atoms. The average molecular weight is 402 g/mol. The quantitative estimate of drug-likeness (QED) is 0.562. The molecule has 0 saturated carbocycles. The first-order chi connectivity index (χ1) is 13.6. The van der Waals surface area contributed by atoms with Crippen molar-refractivity contribution in [3.8, 4) is 11.5 Å². The fourth-order valence-electron chi connectivity index (χ4n) is 3.29. The highest BCUT2D eigenvalue weighted by Crippen LogP contribution is 2.33. The van der Waals surface area contributed by atoms with E-state index in [1.807, 2.05) is 6.07 Å². The average Bonchev–Trinajstić information content (AvgIpc) is 3.22. The van der Waals surface area contributed by atoms with Crippen LogP contribution in [0.3, 0.4) is 0 Å². The summed E-state index contributed by atoms with van der Waals surface area (Å²) < 4.78 is 16.6. The number of carbonyl (C=O) groups excluding carboxylic acids is 2. The number of esters is 1. The Balaban J connectivity index is 1.33. The third kappa shape index (κ3) is 3.96. The van der Waals surface area contributed by atoms with E-state index in [9.17, 15) is 9.59 Å². The number of benzene rings is 1. The summed E-state index contributed by atoms with van der Waals surface area (Å²) in [6.45, 7) is 3.33. The number of rotatable bonds is 5. The minimum absolute atomic E-state index is 0.265. The normalized spacial score (nSPS) is 21.2. The molecule has 1 aromatic heterocycles. The predicted octanol–water partition coefficient (Wildman–Crippen LogP) is 3.09. The summed E-state index contributed by atoms with van der Waals surface area (Å²) >= 11 is 1.34. The van der Waals surface area contributed by atoms with Crippen molar-refractivity contribution in [3.05, 3.63) is 35.3 Å². The van der Waals surface area contributed by atoms with E-state index in [0.29, 0.717) is 16.4 Å². The lowest BCUT2D eigenvalue weighted by molar-refractivity contribution is -0.156. The van der Waals surface area contributed by atoms with Gasteiger partial charge in [-0.1, -0.05) is 23.5 Å². The smallest absolute Gasteiger partial charge is 0.351 e. The van der Waals surface area contributed by atoms with Gasteiger partial charge in [-0.25, -0.2) is 9.78 Å². The number of aromatic nitrogens is 1. The molecular weight excluding hydrogens is 380 g/mol. The first-order valence-electron chi connectivity index (χ1n) is 9.45. The molecule has 0 unspecified atom stereocenters. The van der Waals surface area contributed by atoms with E-state index in [0.717, 1.165) is 31.1 Å². The summed E-state index contributed by atoms with van der Waals surface area (Å²) in [5.74, 6) is 0.197. The van der Waals surface area contributed by atoms with Crippen molar-refractivity contribution in [3.63, 3.8) is 0 Å². The number of nitrogens with zero attached hydrogens (tertiary/aromatic N) is 2. The predicted molar refractivity (Wildman–Crippen MR) is 104 cm³/mol. The molecule has 0 bridgehead atoms. The standard InChI is InChI=1S/C20H22N2O5S/c1-13-18(27-16-8-4-3-7-15(16)26-13)19(24)25-12-14(23)17-11-21-20(28-17)22-9-5-2-6-10-22/h3-4,7-8,11,13,18H,2,5-6,9-10,12H2,1H3/t13-,18+/m0/s1. The van der Waals surface area contributed by atoms with Crippen LogP contribution in [0.5, 0.6) is 11.5 Å². The Kier molecular flexibility index (Phi) is 5.47. The van der Waals surface area contributed by atoms with E-state index in [1.165, 1.54) is 17.8 Å². The summed E-state index contributed by atoms with van der Waals surface area (Å²) in [6, 6.07) is 7.14. The number of carbonyl (C=O) groups is 2. The van der Waals surface area contributed by atoms with Gasteiger partial charge in [-0.2, -0.15) is 0 Å². The van der Waals surface area contributed by atoms with E-state index in [-0.39, 0.29) is 12.4 Å². The highest BCUT2D eigenvalue weighted by Gasteiger charge is 2.35. The van der Waals surface area contributed by atoms with Crippen LogP contribution in [0.15, 0.2) is 30.5 Å². The SMILES string of the molecule is C[C@@H]1Oc2ccccc2O[C@H]1C(=O)OCC(=O)c1cnc(N2CCCCC2)s1. The van der Waals surface area contributed by atoms with Crippen LogP contribution >= 0.6 is 11.3 Å². The van der Waals surface area contributed by atoms with Crippen LogP contribution in [0.4, 0.5) is 5.13 Å². The number of fused-ring (bicyclic) bond motifs is 1. The molecule has 8 heteroatoms. The molecule has 28 heavy (non-hydrogen) atoms. The van der Waals surface area contributed by atoms with Gasteiger partial charge in [-0.05, 0) is 38.3 Å². The maximum absolute atomic E-state index is 12.4. The van der Waals surface area contributed by atoms with Crippen molar-refractivity contribution in [1.29, 1.82) is 0 Å². The molecule has 0 aliphatic carbocycles. The zero-order chi connectivity index (χ0) is 19.5. The van der Waals surface area contributed by atoms with Gasteiger partial charge in [0.2, 0.25) is 11.9 Å². The van der Waals surface area contributed by atoms with Gasteiger partial charge in [0.25, 0.3) is 0 Å². The number of Topliss-reactive ketones (excluding diaryl/α,β-unsaturated/α-hetero) is 1. The van der Waals surface area contributed by atoms with Crippen LogP contribution in [0.25, 0.3) is 0 Å². The van der Waals surface area contributed by atoms with Crippen LogP contribution in [-0.4, -0.2) is 48.6 Å². The summed E-state index contributed by atoms with van der Waals surface area (Å²) in [6.07, 6.45) is 3.67. The van der Waals surface area contributed by atoms with Crippen molar-refractivity contribution in [2.45, 2.75) is 38.4 Å². The van der Waals surface area contributed by atoms with Crippen molar-refractivity contribution >= 4 is 28.2 Å². The molecule has 0 N–H and O–H groups in total. The number of ether oxygens (including phenoxy) is 3. The lowest BCUT2D eigenvalue weighted by Gasteiger charge is -2.30. The Hall–Kier alpha value is -2.61. The lowest BCUT2D eigenvalue weighted by atomic mass is 10.1. The lowest BCUT2D eigenvalue weighted by Crippen LogP contribution is -2.44. The van der Waals surface area contributed by atoms with Gasteiger partial charge in [-0.15, -0.1) is 0 Å². The molecule has 148 valence electrons. The number of para-hydroxylation sites is 2. The fourth-order valence-corrected chi connectivity index (χ4v) is 4.19. The second-order valence-corrected chi connectivity index (χ2v) is 7.90. The van der Waals surface area contributed by atoms with Crippen LogP contribution in [0.2, 0.25) is 0 Å². The molecule has 0 amide bonds. The third-order valence-electron chi connectivity index (χ3n) is 4.82. The number of piperidine rings is 1. The molecule has 2 aliphatic heterocycles. The largest absolute Gasteiger partial charge is 0.482 e. The van der Waals surface area contributed by atoms with Gasteiger partial charge in [0.05, 0.1) is 11.1 Å². The third-order valence-corrected chi connectivity index (χ3v) is 5.91. The molecule has 0 radical (unpaired) electrons. The number of thiazole rings is 1. The minimum Gasteiger partial charge on any atom is -0.482 e. The Bertz CT molecular complexity index is 862. The van der Waals surface area contributed by atoms with Gasteiger partial charge in [-0.3, -0.25) is 4.79 Å². The van der Waals surface area contributed by atoms with Crippen molar-refractivity contribution in [2.75, 3.05) is 24.6 Å². The van der Waals surface area contributed by atoms with E-state index >= 15 is 0 Å². The van der Waals surface area contributed by atoms with Crippen molar-refractivity contribution < 1.29 is 23.8 Å². The van der Waals surface area contributed by atoms with E-state index in [1.54, 1.807) is 31.3 Å². The molecule has 7 nitrogen and oxygen atoms in total. The molecule has 4 rings (SSSR count). The topological polar surface area (TPSA) is 78.0 Å². The van der Waals surface area contributed by atoms with Gasteiger partial charge in [0, 0.05) is 13.1 Å². The molecule has 2 aliphatic rings. The second-order valence-electron chi connectivity index (χ2n) is 6.89. The monoisotopic (exact) mass is 402 g/mol. The molecule has 2 aromatic rings. The second kappa shape index (κ2) is 8.18. The molecule has 1 saturated heterocycles. The zero-order valence-electron chi connectivity index (χ0n) is 15.6. The first kappa shape index (κ1) is 18.7. The number of hydrogen-bond donors (Lipinski definition) is 0. The highest BCUT2D eigenvalue weighted by molar-refractivity contribution is 7.17. The van der Waals surface area contributed by atoms with Crippen molar-refractivity contribution in [2.24, 2.45) is 0 Å². The first-order valence-corrected chi connectivity index (χ1v) is 10.3. The molecular formula is C20H22N2O5S. The van der Waals surface area contributed by atoms with Crippen LogP contribution in [-0.2, 0) is 9.53 Å². The summed E-state index contributed by atoms with van der Waals surface area (Å²) in [4.78, 5) is 31.9. The van der Waals surface area contributed by atoms with Gasteiger partial charge in [0.15, 0.2) is 23.2 Å². The zero-order valence-corrected chi connectivity index (χ0v) is 16.4. The maximum atomic E-state index is 12.4. The van der Waals surface area contributed by atoms with E-state index < -0.39 is 18.2 Å². The van der Waals surface area contributed by atoms with Crippen LogP contribution < -0.4 is 14.4 Å². The van der Waals surface area contributed by atoms with Gasteiger partial charge in [0.1, 0.15) is 6.10 Å². The highest BCUT2D eigenvalue weighted by atomic mass is 32.1. The molecule has 3 heterocycles. The van der Waals surface area contributed by atoms with Crippen molar-refractivity contribution in [1.82, 2.24) is 4.98 Å². The molecule has 1 aromatic carbocycles. The Morgan fingerprint density at radius 3 is 2.64 bits per heavy atom. The summed E-state index contributed by atoms with van der Waals surface area (Å²) in [5, 5.41) is 0.851. The maximum Gasteiger partial charge on any atom is 0.351 e. The minimum atomic E-state index is -0.909. The number of anilines is 1. The van der Waals surface area contributed by atoms with Crippen LogP contribution in [0, 0.1) is 0 Å². The Labute approximate surface area is 167 Å². The van der Waals surface area contributed by atoms with Gasteiger partial charge < -0.3 is 19.1 Å². The van der Waals surface area contributed by atoms with Gasteiger partial charge >= 0.3 is 5.97 Å². The molecule has 1 fully saturated rings. The van der Waals surface area contributed by atoms with Crippen LogP contribution in [0.1, 0.15) is 35.9 Å².